The van der Waals surface area contributed by atoms with Crippen LogP contribution in [0.25, 0.3) is 0 Å². The Balaban J connectivity index is 1.47. The van der Waals surface area contributed by atoms with Crippen LogP contribution in [0.2, 0.25) is 0 Å². The van der Waals surface area contributed by atoms with E-state index in [9.17, 15) is 13.0 Å². The van der Waals surface area contributed by atoms with E-state index in [1.807, 2.05) is 25.1 Å². The quantitative estimate of drug-likeness (QED) is 0.546. The van der Waals surface area contributed by atoms with Crippen molar-refractivity contribution in [1.29, 1.82) is 0 Å². The monoisotopic (exact) mass is 456 g/mol. The fourth-order valence-electron chi connectivity index (χ4n) is 3.97. The molecule has 0 saturated carbocycles. The van der Waals surface area contributed by atoms with Crippen LogP contribution in [0.5, 0.6) is 0 Å². The van der Waals surface area contributed by atoms with E-state index in [-0.39, 0.29) is 6.04 Å². The predicted octanol–water partition coefficient (Wildman–Crippen LogP) is 4.96. The molecule has 32 heavy (non-hydrogen) atoms. The molecule has 0 fully saturated rings. The highest BCUT2D eigenvalue weighted by Gasteiger charge is 2.23. The number of anilines is 1. The largest absolute Gasteiger partial charge is 0.292 e. The number of fused-ring (bicyclic) bond motifs is 1. The summed E-state index contributed by atoms with van der Waals surface area (Å²) in [5, 5.41) is 0. The van der Waals surface area contributed by atoms with Gasteiger partial charge in [0.25, 0.3) is 0 Å². The second-order valence-corrected chi connectivity index (χ2v) is 9.26. The third-order valence-electron chi connectivity index (χ3n) is 5.76. The summed E-state index contributed by atoms with van der Waals surface area (Å²) in [5.74, 6) is -0.679. The van der Waals surface area contributed by atoms with E-state index in [2.05, 4.69) is 26.5 Å². The summed E-state index contributed by atoms with van der Waals surface area (Å²) in [5.41, 5.74) is 3.78. The summed E-state index contributed by atoms with van der Waals surface area (Å²) in [6, 6.07) is 9.31. The fourth-order valence-corrected chi connectivity index (χ4v) is 4.83. The minimum Gasteiger partial charge on any atom is -0.292 e. The molecule has 0 saturated heterocycles. The van der Waals surface area contributed by atoms with Crippen molar-refractivity contribution >= 4 is 16.8 Å². The maximum atomic E-state index is 13.7. The maximum Gasteiger partial charge on any atom is 0.156 e. The average molecular weight is 457 g/mol. The summed E-state index contributed by atoms with van der Waals surface area (Å²) in [7, 11) is -1.48. The van der Waals surface area contributed by atoms with E-state index in [0.717, 1.165) is 43.1 Å². The van der Waals surface area contributed by atoms with Crippen LogP contribution in [-0.4, -0.2) is 25.6 Å². The van der Waals surface area contributed by atoms with Crippen LogP contribution >= 0.6 is 0 Å². The Kier molecular flexibility index (Phi) is 6.91. The van der Waals surface area contributed by atoms with Crippen molar-refractivity contribution in [3.63, 3.8) is 0 Å². The van der Waals surface area contributed by atoms with Gasteiger partial charge in [0.1, 0.15) is 11.6 Å². The lowest BCUT2D eigenvalue weighted by molar-refractivity contribution is 0.191. The molecular weight excluding hydrogens is 430 g/mol. The molecule has 168 valence electrons. The normalized spacial score (nSPS) is 15.8. The highest BCUT2D eigenvalue weighted by molar-refractivity contribution is 7.86. The number of benzene rings is 2. The van der Waals surface area contributed by atoms with Gasteiger partial charge >= 0.3 is 0 Å². The molecule has 2 atom stereocenters. The van der Waals surface area contributed by atoms with E-state index < -0.39 is 22.6 Å². The van der Waals surface area contributed by atoms with Gasteiger partial charge < -0.3 is 0 Å². The molecule has 0 radical (unpaired) electrons. The highest BCUT2D eigenvalue weighted by Crippen LogP contribution is 2.29. The van der Waals surface area contributed by atoms with Crippen molar-refractivity contribution in [2.24, 2.45) is 0 Å². The average Bonchev–Trinajstić information content (AvgIpc) is 2.78. The van der Waals surface area contributed by atoms with Gasteiger partial charge in [-0.3, -0.25) is 14.6 Å². The molecule has 1 aliphatic heterocycles. The third kappa shape index (κ3) is 5.19. The molecule has 8 heteroatoms. The minimum absolute atomic E-state index is 0.141. The zero-order valence-electron chi connectivity index (χ0n) is 18.1. The molecule has 1 aliphatic rings. The van der Waals surface area contributed by atoms with Gasteiger partial charge in [0, 0.05) is 25.2 Å². The van der Waals surface area contributed by atoms with Gasteiger partial charge in [0.2, 0.25) is 0 Å². The van der Waals surface area contributed by atoms with Crippen molar-refractivity contribution in [3.8, 4) is 0 Å². The number of hydrogen-bond acceptors (Lipinski definition) is 4. The van der Waals surface area contributed by atoms with E-state index in [4.69, 9.17) is 0 Å². The lowest BCUT2D eigenvalue weighted by atomic mass is 9.97. The molecule has 1 N–H and O–H groups in total. The molecule has 3 aromatic rings. The van der Waals surface area contributed by atoms with Crippen molar-refractivity contribution in [1.82, 2.24) is 14.9 Å². The molecule has 1 aromatic heterocycles. The Morgan fingerprint density at radius 1 is 1.09 bits per heavy atom. The maximum absolute atomic E-state index is 13.7. The summed E-state index contributed by atoms with van der Waals surface area (Å²) < 4.78 is 43.1. The van der Waals surface area contributed by atoms with Crippen LogP contribution in [-0.2, 0) is 30.4 Å². The Hall–Kier alpha value is -2.71. The van der Waals surface area contributed by atoms with E-state index in [1.54, 1.807) is 12.4 Å². The molecular formula is C24H26F2N4OS. The first-order valence-electron chi connectivity index (χ1n) is 10.7. The molecule has 5 nitrogen and oxygen atoms in total. The molecule has 0 aliphatic carbocycles. The highest BCUT2D eigenvalue weighted by atomic mass is 32.2. The smallest absolute Gasteiger partial charge is 0.156 e. The first kappa shape index (κ1) is 22.5. The molecule has 0 spiro atoms. The van der Waals surface area contributed by atoms with Gasteiger partial charge in [-0.15, -0.1) is 0 Å². The summed E-state index contributed by atoms with van der Waals surface area (Å²) >= 11 is 0. The van der Waals surface area contributed by atoms with Gasteiger partial charge in [0.15, 0.2) is 16.8 Å². The zero-order chi connectivity index (χ0) is 22.7. The Morgan fingerprint density at radius 3 is 2.56 bits per heavy atom. The van der Waals surface area contributed by atoms with E-state index >= 15 is 0 Å². The second kappa shape index (κ2) is 9.83. The Labute approximate surface area is 189 Å². The summed E-state index contributed by atoms with van der Waals surface area (Å²) in [6.45, 7) is 5.43. The third-order valence-corrected chi connectivity index (χ3v) is 6.83. The van der Waals surface area contributed by atoms with E-state index in [1.165, 1.54) is 17.7 Å². The second-order valence-electron chi connectivity index (χ2n) is 8.04. The number of aryl methyl sites for hydroxylation is 1. The van der Waals surface area contributed by atoms with Crippen LogP contribution < -0.4 is 4.72 Å². The molecule has 0 bridgehead atoms. The number of hydrogen-bond donors (Lipinski definition) is 1. The summed E-state index contributed by atoms with van der Waals surface area (Å²) in [6.07, 6.45) is 5.97. The summed E-state index contributed by atoms with van der Waals surface area (Å²) in [4.78, 5) is 11.5. The Bertz CT molecular complexity index is 1100. The van der Waals surface area contributed by atoms with Gasteiger partial charge in [0.05, 0.1) is 23.0 Å². The zero-order valence-corrected chi connectivity index (χ0v) is 19.0. The molecule has 1 unspecified atom stereocenters. The van der Waals surface area contributed by atoms with E-state index in [0.29, 0.717) is 22.8 Å². The Morgan fingerprint density at radius 2 is 1.88 bits per heavy atom. The lowest BCUT2D eigenvalue weighted by Gasteiger charge is -2.34. The van der Waals surface area contributed by atoms with Gasteiger partial charge in [-0.1, -0.05) is 19.4 Å². The van der Waals surface area contributed by atoms with Crippen molar-refractivity contribution in [2.45, 2.75) is 50.6 Å². The number of rotatable bonds is 7. The van der Waals surface area contributed by atoms with Crippen molar-refractivity contribution in [3.05, 3.63) is 82.8 Å². The van der Waals surface area contributed by atoms with Crippen LogP contribution in [0, 0.1) is 11.6 Å². The molecule has 2 aromatic carbocycles. The molecule has 0 amide bonds. The predicted molar refractivity (Wildman–Crippen MR) is 121 cm³/mol. The van der Waals surface area contributed by atoms with Crippen LogP contribution in [0.15, 0.2) is 53.7 Å². The number of aromatic nitrogens is 2. The molecule has 4 rings (SSSR count). The van der Waals surface area contributed by atoms with Gasteiger partial charge in [-0.25, -0.2) is 18.0 Å². The van der Waals surface area contributed by atoms with Crippen LogP contribution in [0.4, 0.5) is 14.6 Å². The number of nitrogens with zero attached hydrogens (tertiary/aromatic N) is 3. The first-order valence-corrected chi connectivity index (χ1v) is 11.9. The standard InChI is InChI=1S/C24H26F2N4OS/c1-3-4-22-13-28-24(14-27-22)29-32(31)23-6-5-17-7-8-30(15-19(17)11-23)16(2)18-9-20(25)12-21(26)10-18/h5-6,9-14,16H,3-4,7-8,15H2,1-2H3,(H,28,29)/t16-,32?/m1/s1. The van der Waals surface area contributed by atoms with Crippen LogP contribution in [0.1, 0.15) is 48.7 Å². The van der Waals surface area contributed by atoms with Gasteiger partial charge in [-0.05, 0) is 60.7 Å². The molecule has 2 heterocycles. The van der Waals surface area contributed by atoms with Crippen molar-refractivity contribution < 1.29 is 13.0 Å². The first-order chi connectivity index (χ1) is 15.4. The number of halogens is 2. The SMILES string of the molecule is CCCc1cnc(NS(=O)c2ccc3c(c2)CN([C@H](C)c2cc(F)cc(F)c2)CC3)cn1. The minimum atomic E-state index is -1.48. The van der Waals surface area contributed by atoms with Crippen molar-refractivity contribution in [2.75, 3.05) is 11.3 Å². The van der Waals surface area contributed by atoms with Gasteiger partial charge in [-0.2, -0.15) is 0 Å². The van der Waals surface area contributed by atoms with Crippen LogP contribution in [0.3, 0.4) is 0 Å². The number of nitrogens with one attached hydrogen (secondary N) is 1. The lowest BCUT2D eigenvalue weighted by Crippen LogP contribution is -2.33. The fraction of sp³-hybridized carbons (Fsp3) is 0.333. The topological polar surface area (TPSA) is 58.1 Å².